The van der Waals surface area contributed by atoms with Crippen LogP contribution in [0.3, 0.4) is 0 Å². The van der Waals surface area contributed by atoms with E-state index in [-0.39, 0.29) is 5.78 Å². The minimum Gasteiger partial charge on any atom is -0.338 e. The van der Waals surface area contributed by atoms with Gasteiger partial charge in [0.05, 0.1) is 5.56 Å². The Balaban J connectivity index is 2.46. The Hall–Kier alpha value is -1.08. The minimum atomic E-state index is -3.21. The van der Waals surface area contributed by atoms with Crippen LogP contribution in [0.5, 0.6) is 0 Å². The highest BCUT2D eigenvalue weighted by atomic mass is 32.2. The van der Waals surface area contributed by atoms with E-state index in [1.807, 2.05) is 0 Å². The molecule has 1 atom stereocenters. The summed E-state index contributed by atoms with van der Waals surface area (Å²) in [4.78, 5) is 17.6. The Morgan fingerprint density at radius 1 is 1.53 bits per heavy atom. The molecule has 0 aromatic carbocycles. The summed E-state index contributed by atoms with van der Waals surface area (Å²) in [5, 5.41) is -0.612. The molecule has 0 amide bonds. The predicted octanol–water partition coefficient (Wildman–Crippen LogP) is 1.21. The first-order chi connectivity index (χ1) is 8.91. The van der Waals surface area contributed by atoms with Crippen LogP contribution in [0.15, 0.2) is 18.3 Å². The van der Waals surface area contributed by atoms with E-state index in [1.165, 1.54) is 13.2 Å². The molecular weight excluding hydrogens is 284 g/mol. The molecule has 0 bridgehead atoms. The Labute approximate surface area is 117 Å². The van der Waals surface area contributed by atoms with Crippen LogP contribution in [0, 0.1) is 0 Å². The molecule has 0 N–H and O–H groups in total. The lowest BCUT2D eigenvalue weighted by atomic mass is 10.2. The van der Waals surface area contributed by atoms with Crippen molar-refractivity contribution in [2.75, 3.05) is 29.2 Å². The van der Waals surface area contributed by atoms with E-state index in [0.717, 1.165) is 5.75 Å². The number of carbonyl (C=O) groups excluding carboxylic acids is 1. The number of thioether (sulfide) groups is 1. The number of carbonyl (C=O) groups is 1. The number of sulfone groups is 1. The van der Waals surface area contributed by atoms with Crippen molar-refractivity contribution < 1.29 is 13.2 Å². The monoisotopic (exact) mass is 300 g/mol. The van der Waals surface area contributed by atoms with Gasteiger partial charge in [-0.05, 0) is 19.1 Å². The molecule has 1 fully saturated rings. The number of nitrogens with zero attached hydrogens (tertiary/aromatic N) is 2. The topological polar surface area (TPSA) is 67.3 Å². The highest BCUT2D eigenvalue weighted by Gasteiger charge is 2.33. The van der Waals surface area contributed by atoms with Gasteiger partial charge in [-0.25, -0.2) is 13.4 Å². The molecule has 1 aliphatic rings. The van der Waals surface area contributed by atoms with Crippen molar-refractivity contribution in [2.45, 2.75) is 12.3 Å². The Kier molecular flexibility index (Phi) is 4.15. The van der Waals surface area contributed by atoms with Gasteiger partial charge in [0.15, 0.2) is 15.6 Å². The number of pyridine rings is 1. The molecule has 1 aromatic heterocycles. The molecule has 1 aromatic rings. The van der Waals surface area contributed by atoms with Crippen LogP contribution >= 0.6 is 11.8 Å². The Morgan fingerprint density at radius 3 is 2.89 bits per heavy atom. The summed E-state index contributed by atoms with van der Waals surface area (Å²) in [6.45, 7) is 2.05. The summed E-state index contributed by atoms with van der Waals surface area (Å²) in [6.07, 6.45) is 2.82. The molecule has 0 aliphatic carbocycles. The van der Waals surface area contributed by atoms with Crippen LogP contribution in [0.25, 0.3) is 0 Å². The fraction of sp³-hybridized carbons (Fsp3) is 0.500. The maximum atomic E-state index is 11.9. The Morgan fingerprint density at radius 2 is 2.26 bits per heavy atom. The van der Waals surface area contributed by atoms with Crippen molar-refractivity contribution in [3.63, 3.8) is 0 Å². The third-order valence-corrected chi connectivity index (χ3v) is 5.66. The lowest BCUT2D eigenvalue weighted by Gasteiger charge is -2.35. The van der Waals surface area contributed by atoms with Crippen LogP contribution in [0.1, 0.15) is 17.3 Å². The van der Waals surface area contributed by atoms with Gasteiger partial charge >= 0.3 is 0 Å². The largest absolute Gasteiger partial charge is 0.338 e. The first-order valence-corrected chi connectivity index (χ1v) is 9.01. The van der Waals surface area contributed by atoms with Crippen molar-refractivity contribution >= 4 is 33.2 Å². The zero-order chi connectivity index (χ0) is 14.0. The molecule has 0 spiro atoms. The molecule has 2 heterocycles. The molecule has 0 radical (unpaired) electrons. The third-order valence-electron chi connectivity index (χ3n) is 3.02. The maximum absolute atomic E-state index is 11.9. The van der Waals surface area contributed by atoms with Crippen LogP contribution in [-0.4, -0.2) is 48.9 Å². The number of rotatable bonds is 3. The van der Waals surface area contributed by atoms with Crippen molar-refractivity contribution in [1.29, 1.82) is 0 Å². The maximum Gasteiger partial charge on any atom is 0.169 e. The van der Waals surface area contributed by atoms with Crippen LogP contribution in [0.4, 0.5) is 5.82 Å². The van der Waals surface area contributed by atoms with Gasteiger partial charge in [0.2, 0.25) is 0 Å². The number of anilines is 1. The number of hydrogen-bond donors (Lipinski definition) is 0. The van der Waals surface area contributed by atoms with Gasteiger partial charge in [0, 0.05) is 30.5 Å². The van der Waals surface area contributed by atoms with E-state index in [9.17, 15) is 13.2 Å². The summed E-state index contributed by atoms with van der Waals surface area (Å²) in [7, 11) is -3.21. The van der Waals surface area contributed by atoms with E-state index in [0.29, 0.717) is 23.7 Å². The van der Waals surface area contributed by atoms with Gasteiger partial charge in [-0.2, -0.15) is 11.8 Å². The van der Waals surface area contributed by atoms with Gasteiger partial charge in [0.25, 0.3) is 0 Å². The first kappa shape index (κ1) is 14.3. The second kappa shape index (κ2) is 5.50. The highest BCUT2D eigenvalue weighted by Crippen LogP contribution is 2.27. The molecule has 19 heavy (non-hydrogen) atoms. The summed E-state index contributed by atoms with van der Waals surface area (Å²) in [5.74, 6) is 1.71. The second-order valence-corrected chi connectivity index (χ2v) is 7.84. The molecule has 7 heteroatoms. The van der Waals surface area contributed by atoms with Gasteiger partial charge < -0.3 is 4.90 Å². The summed E-state index contributed by atoms with van der Waals surface area (Å²) < 4.78 is 23.8. The van der Waals surface area contributed by atoms with Crippen molar-refractivity contribution in [2.24, 2.45) is 0 Å². The van der Waals surface area contributed by atoms with Crippen molar-refractivity contribution in [3.8, 4) is 0 Å². The number of Topliss-reactive ketones (excluding diaryl/α,β-unsaturated/α-hetero) is 1. The van der Waals surface area contributed by atoms with E-state index in [4.69, 9.17) is 0 Å². The normalized spacial score (nSPS) is 20.3. The van der Waals surface area contributed by atoms with E-state index in [1.54, 1.807) is 35.0 Å². The molecule has 1 saturated heterocycles. The van der Waals surface area contributed by atoms with Crippen LogP contribution in [-0.2, 0) is 9.84 Å². The lowest BCUT2D eigenvalue weighted by Crippen LogP contribution is -2.47. The zero-order valence-electron chi connectivity index (χ0n) is 10.9. The average molecular weight is 300 g/mol. The fourth-order valence-corrected chi connectivity index (χ4v) is 4.90. The van der Waals surface area contributed by atoms with Crippen LogP contribution < -0.4 is 4.90 Å². The molecular formula is C12H16N2O3S2. The smallest absolute Gasteiger partial charge is 0.169 e. The Bertz CT molecular complexity index is 586. The minimum absolute atomic E-state index is 0.103. The molecule has 1 unspecified atom stereocenters. The second-order valence-electron chi connectivity index (χ2n) is 4.48. The molecule has 104 valence electrons. The molecule has 5 nitrogen and oxygen atoms in total. The van der Waals surface area contributed by atoms with Crippen molar-refractivity contribution in [1.82, 2.24) is 4.98 Å². The third kappa shape index (κ3) is 3.09. The number of aromatic nitrogens is 1. The number of ketones is 1. The fourth-order valence-electron chi connectivity index (χ4n) is 2.08. The quantitative estimate of drug-likeness (QED) is 0.782. The number of hydrogen-bond acceptors (Lipinski definition) is 6. The zero-order valence-corrected chi connectivity index (χ0v) is 12.5. The predicted molar refractivity (Wildman–Crippen MR) is 77.5 cm³/mol. The van der Waals surface area contributed by atoms with Gasteiger partial charge in [0.1, 0.15) is 11.2 Å². The van der Waals surface area contributed by atoms with Crippen LogP contribution in [0.2, 0.25) is 0 Å². The lowest BCUT2D eigenvalue weighted by molar-refractivity contribution is 0.101. The highest BCUT2D eigenvalue weighted by molar-refractivity contribution is 8.01. The summed E-state index contributed by atoms with van der Waals surface area (Å²) in [6, 6.07) is 3.38. The molecule has 0 saturated carbocycles. The summed E-state index contributed by atoms with van der Waals surface area (Å²) >= 11 is 1.61. The van der Waals surface area contributed by atoms with E-state index < -0.39 is 15.2 Å². The van der Waals surface area contributed by atoms with E-state index in [2.05, 4.69) is 4.98 Å². The van der Waals surface area contributed by atoms with E-state index >= 15 is 0 Å². The van der Waals surface area contributed by atoms with Gasteiger partial charge in [-0.1, -0.05) is 0 Å². The molecule has 1 aliphatic heterocycles. The first-order valence-electron chi connectivity index (χ1n) is 5.90. The standard InChI is InChI=1S/C12H16N2O3S2/c1-9(15)10-4-3-5-13-12(10)14-6-7-18-8-11(14)19(2,16)17/h3-5,11H,6-8H2,1-2H3. The van der Waals surface area contributed by atoms with Gasteiger partial charge in [-0.15, -0.1) is 0 Å². The summed E-state index contributed by atoms with van der Waals surface area (Å²) in [5.41, 5.74) is 0.475. The average Bonchev–Trinajstić information content (AvgIpc) is 2.37. The SMILES string of the molecule is CC(=O)c1cccnc1N1CCSCC1S(C)(=O)=O. The van der Waals surface area contributed by atoms with Crippen molar-refractivity contribution in [3.05, 3.63) is 23.9 Å². The van der Waals surface area contributed by atoms with Gasteiger partial charge in [-0.3, -0.25) is 4.79 Å². The molecule has 2 rings (SSSR count).